The molecule has 5 rings (SSSR count). The lowest BCUT2D eigenvalue weighted by molar-refractivity contribution is -0.137. The highest BCUT2D eigenvalue weighted by Gasteiger charge is 2.31. The third-order valence-electron chi connectivity index (χ3n) is 6.03. The molecule has 2 aromatic carbocycles. The summed E-state index contributed by atoms with van der Waals surface area (Å²) in [7, 11) is 0. The van der Waals surface area contributed by atoms with Gasteiger partial charge in [-0.3, -0.25) is 4.79 Å². The van der Waals surface area contributed by atoms with Crippen LogP contribution in [-0.4, -0.2) is 31.7 Å². The molecule has 0 spiro atoms. The number of hydrogen-bond acceptors (Lipinski definition) is 5. The van der Waals surface area contributed by atoms with Crippen LogP contribution in [0.3, 0.4) is 0 Å². The molecule has 0 saturated heterocycles. The zero-order valence-electron chi connectivity index (χ0n) is 20.5. The third kappa shape index (κ3) is 5.29. The van der Waals surface area contributed by atoms with Gasteiger partial charge in [-0.05, 0) is 57.0 Å². The minimum atomic E-state index is -4.51. The summed E-state index contributed by atoms with van der Waals surface area (Å²) in [5.41, 5.74) is 1.43. The highest BCUT2D eigenvalue weighted by molar-refractivity contribution is 6.05. The predicted octanol–water partition coefficient (Wildman–Crippen LogP) is 6.09. The van der Waals surface area contributed by atoms with Crippen LogP contribution in [0.2, 0.25) is 0 Å². The zero-order chi connectivity index (χ0) is 27.0. The normalized spacial score (nSPS) is 13.5. The lowest BCUT2D eigenvalue weighted by Crippen LogP contribution is -2.19. The fourth-order valence-corrected chi connectivity index (χ4v) is 3.97. The maximum Gasteiger partial charge on any atom is 0.416 e. The van der Waals surface area contributed by atoms with Gasteiger partial charge in [-0.25, -0.2) is 19.4 Å². The summed E-state index contributed by atoms with van der Waals surface area (Å²) in [6, 6.07) is 10.5. The second-order valence-corrected chi connectivity index (χ2v) is 9.31. The van der Waals surface area contributed by atoms with Crippen LogP contribution in [0.4, 0.5) is 35.2 Å². The second kappa shape index (κ2) is 9.77. The summed E-state index contributed by atoms with van der Waals surface area (Å²) >= 11 is 0. The van der Waals surface area contributed by atoms with E-state index in [1.54, 1.807) is 28.9 Å². The average Bonchev–Trinajstić information content (AvgIpc) is 3.64. The summed E-state index contributed by atoms with van der Waals surface area (Å²) < 4.78 is 40.6. The molecule has 38 heavy (non-hydrogen) atoms. The molecule has 12 heteroatoms. The molecular weight excluding hydrogens is 499 g/mol. The van der Waals surface area contributed by atoms with Crippen LogP contribution in [0.1, 0.15) is 38.3 Å². The highest BCUT2D eigenvalue weighted by Crippen LogP contribution is 2.35. The van der Waals surface area contributed by atoms with Crippen LogP contribution < -0.4 is 16.0 Å². The van der Waals surface area contributed by atoms with Gasteiger partial charge in [0, 0.05) is 28.9 Å². The molecule has 3 amide bonds. The molecule has 4 aromatic rings. The van der Waals surface area contributed by atoms with Crippen molar-refractivity contribution < 1.29 is 22.8 Å². The summed E-state index contributed by atoms with van der Waals surface area (Å²) in [5, 5.41) is 13.3. The van der Waals surface area contributed by atoms with Gasteiger partial charge in [0.15, 0.2) is 5.65 Å². The number of carbonyl (C=O) groups excluding carboxylic acids is 2. The highest BCUT2D eigenvalue weighted by atomic mass is 19.4. The molecule has 0 unspecified atom stereocenters. The number of hydrogen-bond donors (Lipinski definition) is 3. The smallest absolute Gasteiger partial charge is 0.310 e. The number of amides is 3. The topological polar surface area (TPSA) is 114 Å². The number of aromatic nitrogens is 4. The SMILES string of the molecule is CC(C)n1nc(-c2ccc(NC(=O)Nc3cccc(C(F)(F)F)c3)cc2)c2c(NC(=O)C3CC3)ncnc21. The van der Waals surface area contributed by atoms with Gasteiger partial charge in [-0.1, -0.05) is 18.2 Å². The first kappa shape index (κ1) is 25.2. The standard InChI is InChI=1S/C26H24F3N7O2/c1-14(2)36-23-20(22(30-13-31-23)34-24(37)16-6-7-16)21(35-36)15-8-10-18(11-9-15)32-25(38)33-19-5-3-4-17(12-19)26(27,28)29/h3-5,8-14,16H,6-7H2,1-2H3,(H2,32,33,38)(H,30,31,34,37). The van der Waals surface area contributed by atoms with Gasteiger partial charge < -0.3 is 16.0 Å². The molecule has 0 bridgehead atoms. The van der Waals surface area contributed by atoms with E-state index in [0.29, 0.717) is 33.8 Å². The van der Waals surface area contributed by atoms with Crippen LogP contribution >= 0.6 is 0 Å². The summed E-state index contributed by atoms with van der Waals surface area (Å²) in [6.45, 7) is 3.94. The number of halogens is 3. The van der Waals surface area contributed by atoms with E-state index in [4.69, 9.17) is 5.10 Å². The van der Waals surface area contributed by atoms with Gasteiger partial charge in [0.1, 0.15) is 17.8 Å². The Balaban J connectivity index is 1.38. The monoisotopic (exact) mass is 523 g/mol. The van der Waals surface area contributed by atoms with E-state index in [-0.39, 0.29) is 23.6 Å². The van der Waals surface area contributed by atoms with Gasteiger partial charge >= 0.3 is 12.2 Å². The maximum absolute atomic E-state index is 12.9. The van der Waals surface area contributed by atoms with E-state index in [0.717, 1.165) is 25.0 Å². The van der Waals surface area contributed by atoms with E-state index >= 15 is 0 Å². The summed E-state index contributed by atoms with van der Waals surface area (Å²) in [5.74, 6) is 0.298. The zero-order valence-corrected chi connectivity index (χ0v) is 20.5. The number of fused-ring (bicyclic) bond motifs is 1. The second-order valence-electron chi connectivity index (χ2n) is 9.31. The number of carbonyl (C=O) groups is 2. The molecule has 9 nitrogen and oxygen atoms in total. The van der Waals surface area contributed by atoms with E-state index < -0.39 is 17.8 Å². The number of nitrogens with zero attached hydrogens (tertiary/aromatic N) is 4. The molecule has 2 aromatic heterocycles. The Morgan fingerprint density at radius 2 is 1.68 bits per heavy atom. The molecule has 1 aliphatic rings. The van der Waals surface area contributed by atoms with Gasteiger partial charge in [0.2, 0.25) is 5.91 Å². The molecule has 0 radical (unpaired) electrons. The molecule has 1 saturated carbocycles. The quantitative estimate of drug-likeness (QED) is 0.283. The van der Waals surface area contributed by atoms with Crippen LogP contribution in [0.5, 0.6) is 0 Å². The number of urea groups is 1. The Bertz CT molecular complexity index is 1510. The minimum Gasteiger partial charge on any atom is -0.310 e. The Morgan fingerprint density at radius 3 is 2.34 bits per heavy atom. The Kier molecular flexibility index (Phi) is 6.47. The van der Waals surface area contributed by atoms with E-state index in [9.17, 15) is 22.8 Å². The van der Waals surface area contributed by atoms with E-state index in [1.165, 1.54) is 18.5 Å². The maximum atomic E-state index is 12.9. The number of rotatable bonds is 6. The Hall–Kier alpha value is -4.48. The predicted molar refractivity (Wildman–Crippen MR) is 137 cm³/mol. The lowest BCUT2D eigenvalue weighted by Gasteiger charge is -2.11. The molecular formula is C26H24F3N7O2. The molecule has 0 atom stereocenters. The van der Waals surface area contributed by atoms with Gasteiger partial charge in [0.25, 0.3) is 0 Å². The molecule has 0 aliphatic heterocycles. The van der Waals surface area contributed by atoms with Crippen molar-refractivity contribution in [2.45, 2.75) is 38.9 Å². The van der Waals surface area contributed by atoms with Crippen molar-refractivity contribution in [1.29, 1.82) is 0 Å². The summed E-state index contributed by atoms with van der Waals surface area (Å²) in [4.78, 5) is 33.5. The first-order chi connectivity index (χ1) is 18.1. The fraction of sp³-hybridized carbons (Fsp3) is 0.269. The van der Waals surface area contributed by atoms with Crippen molar-refractivity contribution in [1.82, 2.24) is 19.7 Å². The van der Waals surface area contributed by atoms with Crippen LogP contribution in [0, 0.1) is 5.92 Å². The van der Waals surface area contributed by atoms with Crippen molar-refractivity contribution in [3.8, 4) is 11.3 Å². The Morgan fingerprint density at radius 1 is 0.974 bits per heavy atom. The molecule has 196 valence electrons. The van der Waals surface area contributed by atoms with Gasteiger partial charge in [-0.15, -0.1) is 0 Å². The first-order valence-electron chi connectivity index (χ1n) is 12.0. The number of alkyl halides is 3. The van der Waals surface area contributed by atoms with Crippen molar-refractivity contribution in [2.24, 2.45) is 5.92 Å². The first-order valence-corrected chi connectivity index (χ1v) is 12.0. The molecule has 3 N–H and O–H groups in total. The molecule has 1 aliphatic carbocycles. The van der Waals surface area contributed by atoms with Crippen LogP contribution in [-0.2, 0) is 11.0 Å². The van der Waals surface area contributed by atoms with Crippen LogP contribution in [0.15, 0.2) is 54.9 Å². The van der Waals surface area contributed by atoms with Crippen molar-refractivity contribution in [3.05, 3.63) is 60.4 Å². The fourth-order valence-electron chi connectivity index (χ4n) is 3.97. The number of nitrogens with one attached hydrogen (secondary N) is 3. The number of anilines is 3. The molecule has 2 heterocycles. The van der Waals surface area contributed by atoms with E-state index in [1.807, 2.05) is 13.8 Å². The minimum absolute atomic E-state index is 0.00366. The number of benzene rings is 2. The van der Waals surface area contributed by atoms with Crippen molar-refractivity contribution in [3.63, 3.8) is 0 Å². The largest absolute Gasteiger partial charge is 0.416 e. The van der Waals surface area contributed by atoms with Crippen molar-refractivity contribution >= 4 is 40.2 Å². The average molecular weight is 524 g/mol. The van der Waals surface area contributed by atoms with Gasteiger partial charge in [-0.2, -0.15) is 18.3 Å². The summed E-state index contributed by atoms with van der Waals surface area (Å²) in [6.07, 6.45) is -1.41. The lowest BCUT2D eigenvalue weighted by atomic mass is 10.1. The van der Waals surface area contributed by atoms with E-state index in [2.05, 4.69) is 25.9 Å². The Labute approximate surface area is 215 Å². The van der Waals surface area contributed by atoms with Gasteiger partial charge in [0.05, 0.1) is 10.9 Å². The van der Waals surface area contributed by atoms with Crippen molar-refractivity contribution in [2.75, 3.05) is 16.0 Å². The third-order valence-corrected chi connectivity index (χ3v) is 6.03. The van der Waals surface area contributed by atoms with Crippen LogP contribution in [0.25, 0.3) is 22.3 Å². The molecule has 1 fully saturated rings.